The van der Waals surface area contributed by atoms with Crippen LogP contribution in [0.3, 0.4) is 0 Å². The van der Waals surface area contributed by atoms with Crippen LogP contribution in [0.15, 0.2) is 16.9 Å². The fourth-order valence-corrected chi connectivity index (χ4v) is 3.32. The summed E-state index contributed by atoms with van der Waals surface area (Å²) in [6, 6.07) is 1.19. The summed E-state index contributed by atoms with van der Waals surface area (Å²) in [5, 5.41) is 3.63. The van der Waals surface area contributed by atoms with Gasteiger partial charge in [-0.25, -0.2) is 9.97 Å². The highest BCUT2D eigenvalue weighted by Gasteiger charge is 2.32. The predicted octanol–water partition coefficient (Wildman–Crippen LogP) is 2.35. The van der Waals surface area contributed by atoms with E-state index in [0.717, 1.165) is 23.5 Å². The van der Waals surface area contributed by atoms with Gasteiger partial charge in [0.15, 0.2) is 0 Å². The number of nitrogens with one attached hydrogen (secondary N) is 1. The van der Waals surface area contributed by atoms with Crippen molar-refractivity contribution in [2.24, 2.45) is 0 Å². The van der Waals surface area contributed by atoms with Crippen LogP contribution in [0.4, 0.5) is 5.95 Å². The minimum atomic E-state index is 0.572. The number of aromatic nitrogens is 2. The molecule has 0 aromatic carbocycles. The van der Waals surface area contributed by atoms with E-state index in [4.69, 9.17) is 0 Å². The molecule has 2 atom stereocenters. The van der Waals surface area contributed by atoms with Gasteiger partial charge in [-0.05, 0) is 54.6 Å². The fourth-order valence-electron chi connectivity index (χ4n) is 3.12. The summed E-state index contributed by atoms with van der Waals surface area (Å²) in [7, 11) is 0. The normalized spacial score (nSPS) is 28.6. The smallest absolute Gasteiger partial charge is 0.225 e. The maximum absolute atomic E-state index is 4.46. The Hall–Kier alpha value is -0.680. The average Bonchev–Trinajstić information content (AvgIpc) is 2.93. The van der Waals surface area contributed by atoms with Crippen molar-refractivity contribution < 1.29 is 0 Å². The SMILES string of the molecule is Brc1cnc(N2CCCCC2C2CCCN2)nc1. The van der Waals surface area contributed by atoms with Gasteiger partial charge in [-0.15, -0.1) is 0 Å². The monoisotopic (exact) mass is 310 g/mol. The molecular formula is C13H19BrN4. The van der Waals surface area contributed by atoms with Crippen LogP contribution in [0.2, 0.25) is 0 Å². The summed E-state index contributed by atoms with van der Waals surface area (Å²) in [4.78, 5) is 11.3. The van der Waals surface area contributed by atoms with Crippen molar-refractivity contribution in [3.8, 4) is 0 Å². The summed E-state index contributed by atoms with van der Waals surface area (Å²) in [5.74, 6) is 0.886. The molecule has 2 unspecified atom stereocenters. The second-order valence-corrected chi connectivity index (χ2v) is 6.08. The number of piperidine rings is 1. The summed E-state index contributed by atoms with van der Waals surface area (Å²) < 4.78 is 0.943. The number of rotatable bonds is 2. The van der Waals surface area contributed by atoms with Gasteiger partial charge in [0.05, 0.1) is 4.47 Å². The molecule has 1 N–H and O–H groups in total. The van der Waals surface area contributed by atoms with Crippen LogP contribution in [-0.4, -0.2) is 35.1 Å². The van der Waals surface area contributed by atoms with Gasteiger partial charge in [0.1, 0.15) is 0 Å². The van der Waals surface area contributed by atoms with Gasteiger partial charge in [0, 0.05) is 31.0 Å². The van der Waals surface area contributed by atoms with Crippen LogP contribution in [0.25, 0.3) is 0 Å². The number of hydrogen-bond acceptors (Lipinski definition) is 4. The summed E-state index contributed by atoms with van der Waals surface area (Å²) >= 11 is 3.39. The van der Waals surface area contributed by atoms with Gasteiger partial charge in [-0.3, -0.25) is 0 Å². The number of anilines is 1. The Morgan fingerprint density at radius 1 is 1.17 bits per heavy atom. The lowest BCUT2D eigenvalue weighted by molar-refractivity contribution is 0.373. The molecule has 0 aliphatic carbocycles. The first-order chi connectivity index (χ1) is 8.84. The molecule has 0 amide bonds. The Bertz CT molecular complexity index is 388. The van der Waals surface area contributed by atoms with E-state index in [1.54, 1.807) is 0 Å². The van der Waals surface area contributed by atoms with Gasteiger partial charge in [-0.1, -0.05) is 0 Å². The molecule has 0 radical (unpaired) electrons. The zero-order valence-electron chi connectivity index (χ0n) is 10.5. The Balaban J connectivity index is 1.80. The molecule has 2 aliphatic rings. The van der Waals surface area contributed by atoms with Gasteiger partial charge in [-0.2, -0.15) is 0 Å². The highest BCUT2D eigenvalue weighted by atomic mass is 79.9. The third-order valence-electron chi connectivity index (χ3n) is 3.98. The van der Waals surface area contributed by atoms with Crippen molar-refractivity contribution in [2.75, 3.05) is 18.0 Å². The van der Waals surface area contributed by atoms with E-state index in [0.29, 0.717) is 12.1 Å². The highest BCUT2D eigenvalue weighted by molar-refractivity contribution is 9.10. The minimum absolute atomic E-state index is 0.572. The van der Waals surface area contributed by atoms with Crippen molar-refractivity contribution in [3.63, 3.8) is 0 Å². The first-order valence-electron chi connectivity index (χ1n) is 6.82. The topological polar surface area (TPSA) is 41.1 Å². The minimum Gasteiger partial charge on any atom is -0.336 e. The van der Waals surface area contributed by atoms with E-state index < -0.39 is 0 Å². The molecule has 1 aromatic heterocycles. The molecule has 4 nitrogen and oxygen atoms in total. The number of nitrogens with zero attached hydrogens (tertiary/aromatic N) is 3. The van der Waals surface area contributed by atoms with E-state index in [9.17, 15) is 0 Å². The highest BCUT2D eigenvalue weighted by Crippen LogP contribution is 2.27. The molecule has 0 saturated carbocycles. The van der Waals surface area contributed by atoms with Gasteiger partial charge in [0.25, 0.3) is 0 Å². The summed E-state index contributed by atoms with van der Waals surface area (Å²) in [5.41, 5.74) is 0. The first kappa shape index (κ1) is 12.4. The van der Waals surface area contributed by atoms with E-state index in [1.165, 1.54) is 32.1 Å². The maximum Gasteiger partial charge on any atom is 0.225 e. The maximum atomic E-state index is 4.46. The quantitative estimate of drug-likeness (QED) is 0.910. The third-order valence-corrected chi connectivity index (χ3v) is 4.39. The van der Waals surface area contributed by atoms with Crippen molar-refractivity contribution >= 4 is 21.9 Å². The Labute approximate surface area is 116 Å². The van der Waals surface area contributed by atoms with Crippen molar-refractivity contribution in [3.05, 3.63) is 16.9 Å². The molecule has 3 heterocycles. The summed E-state index contributed by atoms with van der Waals surface area (Å²) in [6.07, 6.45) is 10.1. The Morgan fingerprint density at radius 2 is 2.00 bits per heavy atom. The molecule has 98 valence electrons. The lowest BCUT2D eigenvalue weighted by atomic mass is 9.95. The summed E-state index contributed by atoms with van der Waals surface area (Å²) in [6.45, 7) is 2.25. The third kappa shape index (κ3) is 2.52. The molecule has 0 spiro atoms. The molecule has 0 bridgehead atoms. The first-order valence-corrected chi connectivity index (χ1v) is 7.61. The molecule has 18 heavy (non-hydrogen) atoms. The molecule has 1 aromatic rings. The molecular weight excluding hydrogens is 292 g/mol. The van der Waals surface area contributed by atoms with Crippen molar-refractivity contribution in [2.45, 2.75) is 44.2 Å². The Kier molecular flexibility index (Phi) is 3.80. The van der Waals surface area contributed by atoms with E-state index >= 15 is 0 Å². The standard InChI is InChI=1S/C13H19BrN4/c14-10-8-16-13(17-9-10)18-7-2-1-5-12(18)11-4-3-6-15-11/h8-9,11-12,15H,1-7H2. The van der Waals surface area contributed by atoms with Crippen LogP contribution in [0.5, 0.6) is 0 Å². The van der Waals surface area contributed by atoms with Gasteiger partial charge >= 0.3 is 0 Å². The van der Waals surface area contributed by atoms with Crippen molar-refractivity contribution in [1.82, 2.24) is 15.3 Å². The largest absolute Gasteiger partial charge is 0.336 e. The molecule has 2 aliphatic heterocycles. The van der Waals surface area contributed by atoms with Crippen LogP contribution >= 0.6 is 15.9 Å². The lowest BCUT2D eigenvalue weighted by Crippen LogP contribution is -2.51. The zero-order chi connectivity index (χ0) is 12.4. The number of hydrogen-bond donors (Lipinski definition) is 1. The Morgan fingerprint density at radius 3 is 2.72 bits per heavy atom. The second kappa shape index (κ2) is 5.53. The zero-order valence-corrected chi connectivity index (χ0v) is 12.1. The lowest BCUT2D eigenvalue weighted by Gasteiger charge is -2.39. The average molecular weight is 311 g/mol. The van der Waals surface area contributed by atoms with Crippen LogP contribution < -0.4 is 10.2 Å². The van der Waals surface area contributed by atoms with E-state index in [1.807, 2.05) is 12.4 Å². The predicted molar refractivity (Wildman–Crippen MR) is 75.7 cm³/mol. The van der Waals surface area contributed by atoms with Crippen LogP contribution in [0.1, 0.15) is 32.1 Å². The van der Waals surface area contributed by atoms with E-state index in [2.05, 4.69) is 36.1 Å². The second-order valence-electron chi connectivity index (χ2n) is 5.16. The fraction of sp³-hybridized carbons (Fsp3) is 0.692. The molecule has 2 saturated heterocycles. The molecule has 3 rings (SSSR count). The number of halogens is 1. The molecule has 5 heteroatoms. The van der Waals surface area contributed by atoms with Crippen LogP contribution in [0, 0.1) is 0 Å². The van der Waals surface area contributed by atoms with Gasteiger partial charge in [0.2, 0.25) is 5.95 Å². The van der Waals surface area contributed by atoms with Crippen molar-refractivity contribution in [1.29, 1.82) is 0 Å². The molecule has 2 fully saturated rings. The van der Waals surface area contributed by atoms with Crippen LogP contribution in [-0.2, 0) is 0 Å². The van der Waals surface area contributed by atoms with Gasteiger partial charge < -0.3 is 10.2 Å². The van der Waals surface area contributed by atoms with E-state index in [-0.39, 0.29) is 0 Å².